The highest BCUT2D eigenvalue weighted by Gasteiger charge is 2.33. The van der Waals surface area contributed by atoms with Crippen molar-refractivity contribution in [1.29, 1.82) is 0 Å². The van der Waals surface area contributed by atoms with E-state index in [1.807, 2.05) is 0 Å². The van der Waals surface area contributed by atoms with Crippen molar-refractivity contribution in [2.75, 3.05) is 18.8 Å². The molecule has 6 atom stereocenters. The lowest BCUT2D eigenvalue weighted by Crippen LogP contribution is -2.60. The third-order valence-electron chi connectivity index (χ3n) is 6.02. The summed E-state index contributed by atoms with van der Waals surface area (Å²) < 4.78 is 0. The summed E-state index contributed by atoms with van der Waals surface area (Å²) in [7, 11) is 0. The molecule has 0 aromatic carbocycles. The van der Waals surface area contributed by atoms with E-state index in [0.29, 0.717) is 38.8 Å². The normalized spacial score (nSPS) is 15.4. The first-order valence-corrected chi connectivity index (χ1v) is 14.0. The largest absolute Gasteiger partial charge is 0.481 e. The highest BCUT2D eigenvalue weighted by molar-refractivity contribution is 7.80. The second kappa shape index (κ2) is 20.8. The average molecular weight is 608 g/mol. The summed E-state index contributed by atoms with van der Waals surface area (Å²) in [5.74, 6) is -5.95. The molecule has 0 aliphatic rings. The second-order valence-corrected chi connectivity index (χ2v) is 9.90. The molecule has 0 aromatic heterocycles. The van der Waals surface area contributed by atoms with Crippen LogP contribution in [0.3, 0.4) is 0 Å². The number of carboxylic acids is 2. The van der Waals surface area contributed by atoms with Crippen molar-refractivity contribution in [2.24, 2.45) is 17.2 Å². The summed E-state index contributed by atoms with van der Waals surface area (Å²) >= 11 is 3.98. The standard InChI is InChI=1S/C24H45N7O9S/c1-13(32)19(23(38)30-17(24(39)40)8-9-18(33)34)31-22(37)16(7-3-5-11-26)29-21(36)15(6-2-4-10-25)28-20(35)14(27)12-41/h13-17,19,32,41H,2-12,25-27H2,1H3,(H,28,35)(H,29,36)(H,30,38)(H,31,37)(H,33,34)(H,39,40). The van der Waals surface area contributed by atoms with E-state index in [1.54, 1.807) is 0 Å². The lowest BCUT2D eigenvalue weighted by atomic mass is 10.0. The number of hydrogen-bond acceptors (Lipinski definition) is 11. The fraction of sp³-hybridized carbons (Fsp3) is 0.750. The molecule has 0 spiro atoms. The van der Waals surface area contributed by atoms with Gasteiger partial charge in [-0.25, -0.2) is 4.79 Å². The van der Waals surface area contributed by atoms with Gasteiger partial charge in [-0.2, -0.15) is 12.6 Å². The number of nitrogens with two attached hydrogens (primary N) is 3. The van der Waals surface area contributed by atoms with Crippen molar-refractivity contribution in [3.63, 3.8) is 0 Å². The van der Waals surface area contributed by atoms with E-state index in [1.165, 1.54) is 6.92 Å². The number of carbonyl (C=O) groups excluding carboxylic acids is 4. The number of amides is 4. The Hall–Kier alpha value is -2.99. The Morgan fingerprint density at radius 3 is 1.59 bits per heavy atom. The van der Waals surface area contributed by atoms with Crippen LogP contribution in [-0.4, -0.2) is 106 Å². The van der Waals surface area contributed by atoms with E-state index in [9.17, 15) is 39.0 Å². The van der Waals surface area contributed by atoms with Gasteiger partial charge in [0, 0.05) is 12.2 Å². The van der Waals surface area contributed by atoms with Gasteiger partial charge in [0.05, 0.1) is 12.1 Å². The topological polar surface area (TPSA) is 289 Å². The van der Waals surface area contributed by atoms with Crippen LogP contribution in [0.2, 0.25) is 0 Å². The highest BCUT2D eigenvalue weighted by atomic mass is 32.1. The van der Waals surface area contributed by atoms with Crippen LogP contribution < -0.4 is 38.5 Å². The Balaban J connectivity index is 5.78. The van der Waals surface area contributed by atoms with Gasteiger partial charge in [-0.15, -0.1) is 0 Å². The molecule has 0 aliphatic heterocycles. The third-order valence-corrected chi connectivity index (χ3v) is 6.41. The average Bonchev–Trinajstić information content (AvgIpc) is 2.91. The number of carbonyl (C=O) groups is 6. The first-order chi connectivity index (χ1) is 19.3. The van der Waals surface area contributed by atoms with Gasteiger partial charge in [-0.05, 0) is 65.0 Å². The fourth-order valence-electron chi connectivity index (χ4n) is 3.60. The van der Waals surface area contributed by atoms with Gasteiger partial charge in [-0.1, -0.05) is 0 Å². The van der Waals surface area contributed by atoms with Gasteiger partial charge in [0.2, 0.25) is 23.6 Å². The van der Waals surface area contributed by atoms with Crippen molar-refractivity contribution >= 4 is 48.2 Å². The fourth-order valence-corrected chi connectivity index (χ4v) is 3.77. The number of thiol groups is 1. The summed E-state index contributed by atoms with van der Waals surface area (Å²) in [6.45, 7) is 1.87. The summed E-state index contributed by atoms with van der Waals surface area (Å²) in [4.78, 5) is 73.8. The molecular weight excluding hydrogens is 562 g/mol. The van der Waals surface area contributed by atoms with Crippen molar-refractivity contribution in [3.8, 4) is 0 Å². The Morgan fingerprint density at radius 1 is 0.707 bits per heavy atom. The predicted molar refractivity (Wildman–Crippen MR) is 152 cm³/mol. The number of carboxylic acid groups (broad SMARTS) is 2. The molecule has 4 amide bonds. The maximum Gasteiger partial charge on any atom is 0.326 e. The number of unbranched alkanes of at least 4 members (excludes halogenated alkanes) is 2. The number of nitrogens with one attached hydrogen (secondary N) is 4. The molecule has 17 heteroatoms. The molecule has 13 N–H and O–H groups in total. The van der Waals surface area contributed by atoms with Gasteiger partial charge in [0.15, 0.2) is 0 Å². The second-order valence-electron chi connectivity index (χ2n) is 9.54. The monoisotopic (exact) mass is 607 g/mol. The van der Waals surface area contributed by atoms with E-state index in [-0.39, 0.29) is 18.6 Å². The number of aliphatic hydroxyl groups excluding tert-OH is 1. The molecule has 0 radical (unpaired) electrons. The molecule has 0 rings (SSSR count). The third kappa shape index (κ3) is 15.6. The van der Waals surface area contributed by atoms with Crippen LogP contribution in [0, 0.1) is 0 Å². The smallest absolute Gasteiger partial charge is 0.326 e. The first-order valence-electron chi connectivity index (χ1n) is 13.4. The van der Waals surface area contributed by atoms with Gasteiger partial charge >= 0.3 is 11.9 Å². The molecule has 41 heavy (non-hydrogen) atoms. The van der Waals surface area contributed by atoms with Crippen LogP contribution in [0.4, 0.5) is 0 Å². The van der Waals surface area contributed by atoms with Crippen LogP contribution in [0.25, 0.3) is 0 Å². The van der Waals surface area contributed by atoms with Crippen molar-refractivity contribution < 1.29 is 44.1 Å². The van der Waals surface area contributed by atoms with Crippen molar-refractivity contribution in [1.82, 2.24) is 21.3 Å². The first kappa shape index (κ1) is 38.0. The zero-order valence-electron chi connectivity index (χ0n) is 23.2. The summed E-state index contributed by atoms with van der Waals surface area (Å²) in [6.07, 6.45) is -0.166. The van der Waals surface area contributed by atoms with Crippen LogP contribution >= 0.6 is 12.6 Å². The quantitative estimate of drug-likeness (QED) is 0.0428. The molecule has 6 unspecified atom stereocenters. The minimum absolute atomic E-state index is 0.0366. The number of hydrogen-bond donors (Lipinski definition) is 11. The Bertz CT molecular complexity index is 878. The van der Waals surface area contributed by atoms with Crippen LogP contribution in [-0.2, 0) is 28.8 Å². The van der Waals surface area contributed by atoms with Crippen LogP contribution in [0.1, 0.15) is 58.3 Å². The molecule has 0 aliphatic carbocycles. The van der Waals surface area contributed by atoms with Gasteiger partial charge in [0.1, 0.15) is 24.2 Å². The van der Waals surface area contributed by atoms with Crippen LogP contribution in [0.5, 0.6) is 0 Å². The minimum atomic E-state index is -1.63. The zero-order valence-corrected chi connectivity index (χ0v) is 24.1. The number of rotatable bonds is 22. The predicted octanol–water partition coefficient (Wildman–Crippen LogP) is -3.23. The molecule has 0 aromatic rings. The van der Waals surface area contributed by atoms with Gasteiger partial charge in [-0.3, -0.25) is 24.0 Å². The molecule has 236 valence electrons. The molecule has 0 heterocycles. The SMILES string of the molecule is CC(O)C(NC(=O)C(CCCCN)NC(=O)C(CCCCN)NC(=O)C(N)CS)C(=O)NC(CCC(=O)O)C(=O)O. The molecular formula is C24H45N7O9S. The van der Waals surface area contributed by atoms with Crippen molar-refractivity contribution in [3.05, 3.63) is 0 Å². The minimum Gasteiger partial charge on any atom is -0.481 e. The number of aliphatic carboxylic acids is 2. The number of aliphatic hydroxyl groups is 1. The lowest BCUT2D eigenvalue weighted by Gasteiger charge is -2.27. The van der Waals surface area contributed by atoms with E-state index in [2.05, 4.69) is 33.9 Å². The van der Waals surface area contributed by atoms with Crippen molar-refractivity contribution in [2.45, 2.75) is 94.6 Å². The molecule has 16 nitrogen and oxygen atoms in total. The highest BCUT2D eigenvalue weighted by Crippen LogP contribution is 2.08. The zero-order chi connectivity index (χ0) is 31.5. The van der Waals surface area contributed by atoms with E-state index < -0.39 is 84.7 Å². The van der Waals surface area contributed by atoms with E-state index in [0.717, 1.165) is 0 Å². The molecule has 0 bridgehead atoms. The molecule has 0 saturated carbocycles. The van der Waals surface area contributed by atoms with E-state index in [4.69, 9.17) is 22.3 Å². The summed E-state index contributed by atoms with van der Waals surface area (Å²) in [5.41, 5.74) is 16.8. The van der Waals surface area contributed by atoms with Gasteiger partial charge < -0.3 is 53.8 Å². The summed E-state index contributed by atoms with van der Waals surface area (Å²) in [5, 5.41) is 37.9. The Kier molecular flexibility index (Phi) is 19.3. The maximum atomic E-state index is 13.2. The Labute approximate surface area is 244 Å². The maximum absolute atomic E-state index is 13.2. The van der Waals surface area contributed by atoms with Gasteiger partial charge in [0.25, 0.3) is 0 Å². The summed E-state index contributed by atoms with van der Waals surface area (Å²) in [6, 6.07) is -6.44. The molecule has 0 saturated heterocycles. The van der Waals surface area contributed by atoms with E-state index >= 15 is 0 Å². The van der Waals surface area contributed by atoms with Crippen LogP contribution in [0.15, 0.2) is 0 Å². The Morgan fingerprint density at radius 2 is 1.17 bits per heavy atom. The lowest BCUT2D eigenvalue weighted by molar-refractivity contribution is -0.144. The molecule has 0 fully saturated rings.